The molecular formula is C17H28N2S. The second-order valence-corrected chi connectivity index (χ2v) is 7.26. The van der Waals surface area contributed by atoms with E-state index in [2.05, 4.69) is 55.0 Å². The fourth-order valence-electron chi connectivity index (χ4n) is 2.91. The number of rotatable bonds is 8. The van der Waals surface area contributed by atoms with Crippen LogP contribution in [-0.2, 0) is 6.42 Å². The summed E-state index contributed by atoms with van der Waals surface area (Å²) in [6.45, 7) is 7.96. The monoisotopic (exact) mass is 292 g/mol. The molecule has 0 fully saturated rings. The van der Waals surface area contributed by atoms with E-state index in [-0.39, 0.29) is 0 Å². The quantitative estimate of drug-likeness (QED) is 0.787. The highest BCUT2D eigenvalue weighted by Crippen LogP contribution is 2.34. The van der Waals surface area contributed by atoms with E-state index in [0.29, 0.717) is 12.0 Å². The fraction of sp³-hybridized carbons (Fsp3) is 0.706. The van der Waals surface area contributed by atoms with E-state index in [0.717, 1.165) is 12.5 Å². The molecule has 0 aliphatic heterocycles. The zero-order valence-electron chi connectivity index (χ0n) is 13.1. The van der Waals surface area contributed by atoms with Crippen LogP contribution in [0.4, 0.5) is 0 Å². The van der Waals surface area contributed by atoms with Crippen LogP contribution < -0.4 is 5.32 Å². The molecule has 20 heavy (non-hydrogen) atoms. The first-order valence-electron chi connectivity index (χ1n) is 7.97. The molecular weight excluding hydrogens is 264 g/mol. The lowest BCUT2D eigenvalue weighted by atomic mass is 9.98. The average Bonchev–Trinajstić information content (AvgIpc) is 2.86. The molecule has 0 bridgehead atoms. The molecule has 2 atom stereocenters. The second-order valence-electron chi connectivity index (χ2n) is 6.18. The minimum Gasteiger partial charge on any atom is -0.312 e. The van der Waals surface area contributed by atoms with Gasteiger partial charge in [-0.2, -0.15) is 11.8 Å². The Balaban J connectivity index is 1.99. The van der Waals surface area contributed by atoms with Crippen molar-refractivity contribution in [3.63, 3.8) is 0 Å². The maximum Gasteiger partial charge on any atom is 0.0482 e. The molecule has 1 aromatic rings. The highest BCUT2D eigenvalue weighted by atomic mass is 32.2. The maximum absolute atomic E-state index is 4.66. The molecule has 1 aliphatic carbocycles. The van der Waals surface area contributed by atoms with E-state index in [4.69, 9.17) is 0 Å². The van der Waals surface area contributed by atoms with Crippen LogP contribution >= 0.6 is 11.8 Å². The molecule has 0 spiro atoms. The molecule has 1 heterocycles. The lowest BCUT2D eigenvalue weighted by molar-refractivity contribution is 0.457. The first-order valence-corrected chi connectivity index (χ1v) is 9.12. The molecule has 2 rings (SSSR count). The summed E-state index contributed by atoms with van der Waals surface area (Å²) in [6.07, 6.45) is 5.62. The van der Waals surface area contributed by atoms with Gasteiger partial charge in [0.15, 0.2) is 0 Å². The molecule has 0 saturated carbocycles. The zero-order valence-corrected chi connectivity index (χ0v) is 13.9. The number of pyridine rings is 1. The minimum absolute atomic E-state index is 0.579. The summed E-state index contributed by atoms with van der Waals surface area (Å²) in [6, 6.07) is 4.90. The second kappa shape index (κ2) is 8.04. The van der Waals surface area contributed by atoms with Gasteiger partial charge in [-0.3, -0.25) is 4.98 Å². The average molecular weight is 292 g/mol. The molecule has 1 aliphatic rings. The van der Waals surface area contributed by atoms with Gasteiger partial charge in [0, 0.05) is 29.6 Å². The van der Waals surface area contributed by atoms with Crippen LogP contribution in [0.3, 0.4) is 0 Å². The van der Waals surface area contributed by atoms with Crippen molar-refractivity contribution in [2.75, 3.05) is 18.1 Å². The topological polar surface area (TPSA) is 24.9 Å². The lowest BCUT2D eigenvalue weighted by Gasteiger charge is -2.25. The van der Waals surface area contributed by atoms with E-state index in [1.54, 1.807) is 0 Å². The molecule has 0 amide bonds. The Morgan fingerprint density at radius 2 is 2.25 bits per heavy atom. The highest BCUT2D eigenvalue weighted by Gasteiger charge is 2.30. The van der Waals surface area contributed by atoms with Crippen LogP contribution in [0, 0.1) is 5.92 Å². The van der Waals surface area contributed by atoms with Crippen LogP contribution in [0.25, 0.3) is 0 Å². The predicted octanol–water partition coefficient (Wildman–Crippen LogP) is 3.87. The van der Waals surface area contributed by atoms with E-state index in [1.165, 1.54) is 42.0 Å². The van der Waals surface area contributed by atoms with Gasteiger partial charge in [-0.25, -0.2) is 0 Å². The number of thioether (sulfide) groups is 1. The standard InChI is InChI=1S/C17H28N2S/c1-4-9-18-16(12-20-11-13(2)3)15-8-7-14-6-5-10-19-17(14)15/h5-6,10,13,15-16,18H,4,7-9,11-12H2,1-3H3. The number of aryl methyl sites for hydroxylation is 1. The first-order chi connectivity index (χ1) is 9.72. The number of hydrogen-bond donors (Lipinski definition) is 1. The minimum atomic E-state index is 0.579. The third-order valence-corrected chi connectivity index (χ3v) is 5.39. The summed E-state index contributed by atoms with van der Waals surface area (Å²) in [7, 11) is 0. The van der Waals surface area contributed by atoms with Crippen molar-refractivity contribution < 1.29 is 0 Å². The van der Waals surface area contributed by atoms with Gasteiger partial charge >= 0.3 is 0 Å². The number of nitrogens with one attached hydrogen (secondary N) is 1. The summed E-state index contributed by atoms with van der Waals surface area (Å²) in [5, 5.41) is 3.77. The van der Waals surface area contributed by atoms with Gasteiger partial charge in [0.2, 0.25) is 0 Å². The molecule has 112 valence electrons. The molecule has 2 unspecified atom stereocenters. The highest BCUT2D eigenvalue weighted by molar-refractivity contribution is 7.99. The Morgan fingerprint density at radius 1 is 1.40 bits per heavy atom. The number of hydrogen-bond acceptors (Lipinski definition) is 3. The van der Waals surface area contributed by atoms with Gasteiger partial charge in [-0.1, -0.05) is 26.8 Å². The maximum atomic E-state index is 4.66. The van der Waals surface area contributed by atoms with E-state index in [9.17, 15) is 0 Å². The Hall–Kier alpha value is -0.540. The summed E-state index contributed by atoms with van der Waals surface area (Å²) in [5.41, 5.74) is 2.82. The summed E-state index contributed by atoms with van der Waals surface area (Å²) in [5.74, 6) is 3.85. The Morgan fingerprint density at radius 3 is 3.00 bits per heavy atom. The normalized spacial score (nSPS) is 19.3. The van der Waals surface area contributed by atoms with E-state index >= 15 is 0 Å². The summed E-state index contributed by atoms with van der Waals surface area (Å²) in [4.78, 5) is 4.66. The van der Waals surface area contributed by atoms with E-state index in [1.807, 2.05) is 6.20 Å². The van der Waals surface area contributed by atoms with Crippen LogP contribution in [0.2, 0.25) is 0 Å². The van der Waals surface area contributed by atoms with Gasteiger partial charge in [0.1, 0.15) is 0 Å². The Labute approximate surface area is 128 Å². The Kier molecular flexibility index (Phi) is 6.37. The van der Waals surface area contributed by atoms with Crippen molar-refractivity contribution in [3.8, 4) is 0 Å². The third kappa shape index (κ3) is 4.23. The van der Waals surface area contributed by atoms with Crippen molar-refractivity contribution in [2.45, 2.75) is 52.0 Å². The molecule has 0 saturated heterocycles. The fourth-order valence-corrected chi connectivity index (χ4v) is 4.12. The molecule has 1 N–H and O–H groups in total. The van der Waals surface area contributed by atoms with Gasteiger partial charge in [0.05, 0.1) is 0 Å². The molecule has 0 aromatic carbocycles. The van der Waals surface area contributed by atoms with Crippen LogP contribution in [0.1, 0.15) is 50.8 Å². The molecule has 1 aromatic heterocycles. The van der Waals surface area contributed by atoms with Crippen molar-refractivity contribution in [2.24, 2.45) is 5.92 Å². The van der Waals surface area contributed by atoms with Gasteiger partial charge < -0.3 is 5.32 Å². The number of fused-ring (bicyclic) bond motifs is 1. The summed E-state index contributed by atoms with van der Waals surface area (Å²) < 4.78 is 0. The van der Waals surface area contributed by atoms with Gasteiger partial charge in [-0.15, -0.1) is 0 Å². The number of nitrogens with zero attached hydrogens (tertiary/aromatic N) is 1. The molecule has 2 nitrogen and oxygen atoms in total. The zero-order chi connectivity index (χ0) is 14.4. The first kappa shape index (κ1) is 15.8. The van der Waals surface area contributed by atoms with Crippen LogP contribution in [0.15, 0.2) is 18.3 Å². The summed E-state index contributed by atoms with van der Waals surface area (Å²) >= 11 is 2.09. The van der Waals surface area contributed by atoms with Crippen molar-refractivity contribution in [1.29, 1.82) is 0 Å². The van der Waals surface area contributed by atoms with Crippen molar-refractivity contribution in [1.82, 2.24) is 10.3 Å². The lowest BCUT2D eigenvalue weighted by Crippen LogP contribution is -2.37. The van der Waals surface area contributed by atoms with Gasteiger partial charge in [-0.05, 0) is 49.1 Å². The number of aromatic nitrogens is 1. The largest absolute Gasteiger partial charge is 0.312 e. The SMILES string of the molecule is CCCNC(CSCC(C)C)C1CCc2cccnc21. The van der Waals surface area contributed by atoms with Crippen molar-refractivity contribution >= 4 is 11.8 Å². The Bertz CT molecular complexity index is 406. The van der Waals surface area contributed by atoms with Crippen molar-refractivity contribution in [3.05, 3.63) is 29.6 Å². The molecule has 3 heteroatoms. The smallest absolute Gasteiger partial charge is 0.0482 e. The van der Waals surface area contributed by atoms with Crippen LogP contribution in [0.5, 0.6) is 0 Å². The van der Waals surface area contributed by atoms with Crippen LogP contribution in [-0.4, -0.2) is 29.1 Å². The third-order valence-electron chi connectivity index (χ3n) is 3.89. The van der Waals surface area contributed by atoms with Gasteiger partial charge in [0.25, 0.3) is 0 Å². The predicted molar refractivity (Wildman–Crippen MR) is 89.5 cm³/mol. The van der Waals surface area contributed by atoms with E-state index < -0.39 is 0 Å². The molecule has 0 radical (unpaired) electrons.